The lowest BCUT2D eigenvalue weighted by Crippen LogP contribution is -2.50. The fourth-order valence-corrected chi connectivity index (χ4v) is 4.12. The number of hydrogen-bond acceptors (Lipinski definition) is 3. The van der Waals surface area contributed by atoms with Gasteiger partial charge >= 0.3 is 0 Å². The van der Waals surface area contributed by atoms with Crippen LogP contribution in [0, 0.1) is 5.92 Å². The Morgan fingerprint density at radius 2 is 2.00 bits per heavy atom. The van der Waals surface area contributed by atoms with Crippen LogP contribution in [0.3, 0.4) is 0 Å². The Morgan fingerprint density at radius 1 is 1.20 bits per heavy atom. The molecule has 4 heteroatoms. The molecule has 0 bridgehead atoms. The molecule has 3 heterocycles. The third-order valence-corrected chi connectivity index (χ3v) is 5.52. The van der Waals surface area contributed by atoms with E-state index >= 15 is 0 Å². The topological polar surface area (TPSA) is 35.6 Å². The van der Waals surface area contributed by atoms with Crippen LogP contribution in [0.15, 0.2) is 0 Å². The van der Waals surface area contributed by atoms with E-state index in [1.54, 1.807) is 0 Å². The van der Waals surface area contributed by atoms with Gasteiger partial charge in [0.2, 0.25) is 5.91 Å². The van der Waals surface area contributed by atoms with Crippen LogP contribution in [-0.2, 0) is 4.79 Å². The van der Waals surface area contributed by atoms with Crippen molar-refractivity contribution in [1.29, 1.82) is 0 Å². The number of rotatable bonds is 3. The van der Waals surface area contributed by atoms with E-state index < -0.39 is 0 Å². The number of hydrogen-bond donors (Lipinski definition) is 1. The summed E-state index contributed by atoms with van der Waals surface area (Å²) in [5.41, 5.74) is 0. The Kier molecular flexibility index (Phi) is 4.61. The predicted octanol–water partition coefficient (Wildman–Crippen LogP) is 1.46. The highest BCUT2D eigenvalue weighted by Gasteiger charge is 2.35. The number of carbonyl (C=O) groups excluding carboxylic acids is 1. The van der Waals surface area contributed by atoms with Crippen LogP contribution < -0.4 is 5.32 Å². The highest BCUT2D eigenvalue weighted by molar-refractivity contribution is 5.82. The summed E-state index contributed by atoms with van der Waals surface area (Å²) < 4.78 is 0. The fraction of sp³-hybridized carbons (Fsp3) is 0.938. The second-order valence-electron chi connectivity index (χ2n) is 6.78. The molecule has 0 spiro atoms. The molecule has 1 amide bonds. The summed E-state index contributed by atoms with van der Waals surface area (Å²) in [4.78, 5) is 17.4. The molecule has 3 saturated heterocycles. The van der Waals surface area contributed by atoms with Crippen molar-refractivity contribution in [3.05, 3.63) is 0 Å². The Morgan fingerprint density at radius 3 is 2.75 bits per heavy atom. The van der Waals surface area contributed by atoms with E-state index in [9.17, 15) is 4.79 Å². The largest absolute Gasteiger partial charge is 0.340 e. The Bertz CT molecular complexity index is 341. The van der Waals surface area contributed by atoms with Crippen LogP contribution in [0.2, 0.25) is 0 Å². The average Bonchev–Trinajstić information content (AvgIpc) is 3.17. The van der Waals surface area contributed by atoms with Crippen LogP contribution in [0.1, 0.15) is 45.4 Å². The first-order valence-electron chi connectivity index (χ1n) is 8.54. The first-order chi connectivity index (χ1) is 9.78. The Labute approximate surface area is 122 Å². The van der Waals surface area contributed by atoms with E-state index in [-0.39, 0.29) is 6.04 Å². The zero-order valence-electron chi connectivity index (χ0n) is 12.8. The molecule has 4 nitrogen and oxygen atoms in total. The zero-order valence-corrected chi connectivity index (χ0v) is 12.8. The van der Waals surface area contributed by atoms with Gasteiger partial charge in [-0.3, -0.25) is 9.69 Å². The minimum atomic E-state index is 0.0889. The maximum atomic E-state index is 12.7. The number of amides is 1. The molecule has 3 aliphatic rings. The minimum Gasteiger partial charge on any atom is -0.340 e. The SMILES string of the molecule is CCC1CCNC(C(=O)N2CCC(N3CCCC3)C2)C1. The van der Waals surface area contributed by atoms with Gasteiger partial charge in [0.1, 0.15) is 0 Å². The monoisotopic (exact) mass is 279 g/mol. The second-order valence-corrected chi connectivity index (χ2v) is 6.78. The van der Waals surface area contributed by atoms with Crippen molar-refractivity contribution in [3.8, 4) is 0 Å². The van der Waals surface area contributed by atoms with Gasteiger partial charge in [-0.25, -0.2) is 0 Å². The lowest BCUT2D eigenvalue weighted by atomic mass is 9.90. The molecule has 0 saturated carbocycles. The van der Waals surface area contributed by atoms with Crippen molar-refractivity contribution in [1.82, 2.24) is 15.1 Å². The summed E-state index contributed by atoms with van der Waals surface area (Å²) >= 11 is 0. The maximum absolute atomic E-state index is 12.7. The fourth-order valence-electron chi connectivity index (χ4n) is 4.12. The molecule has 1 N–H and O–H groups in total. The number of carbonyl (C=O) groups is 1. The number of nitrogens with one attached hydrogen (secondary N) is 1. The molecule has 3 fully saturated rings. The van der Waals surface area contributed by atoms with E-state index in [1.165, 1.54) is 45.2 Å². The van der Waals surface area contributed by atoms with Gasteiger partial charge in [0.25, 0.3) is 0 Å². The Balaban J connectivity index is 1.52. The molecule has 0 aromatic heterocycles. The van der Waals surface area contributed by atoms with Crippen molar-refractivity contribution in [2.24, 2.45) is 5.92 Å². The van der Waals surface area contributed by atoms with Gasteiger partial charge in [0.15, 0.2) is 0 Å². The van der Waals surface area contributed by atoms with E-state index in [0.29, 0.717) is 11.9 Å². The summed E-state index contributed by atoms with van der Waals surface area (Å²) in [6.07, 6.45) is 7.34. The van der Waals surface area contributed by atoms with E-state index in [0.717, 1.165) is 32.0 Å². The average molecular weight is 279 g/mol. The minimum absolute atomic E-state index is 0.0889. The van der Waals surface area contributed by atoms with Crippen molar-refractivity contribution in [2.75, 3.05) is 32.7 Å². The quantitative estimate of drug-likeness (QED) is 0.849. The van der Waals surface area contributed by atoms with E-state index in [4.69, 9.17) is 0 Å². The van der Waals surface area contributed by atoms with Crippen molar-refractivity contribution < 1.29 is 4.79 Å². The standard InChI is InChI=1S/C16H29N3O/c1-2-13-5-7-17-15(11-13)16(20)19-10-6-14(12-19)18-8-3-4-9-18/h13-15,17H,2-12H2,1H3. The lowest BCUT2D eigenvalue weighted by Gasteiger charge is -2.32. The zero-order chi connectivity index (χ0) is 13.9. The molecule has 20 heavy (non-hydrogen) atoms. The summed E-state index contributed by atoms with van der Waals surface area (Å²) in [5, 5.41) is 3.44. The first kappa shape index (κ1) is 14.3. The molecule has 3 atom stereocenters. The molecule has 114 valence electrons. The smallest absolute Gasteiger partial charge is 0.239 e. The van der Waals surface area contributed by atoms with Crippen molar-refractivity contribution in [2.45, 2.75) is 57.5 Å². The van der Waals surface area contributed by atoms with Gasteiger partial charge < -0.3 is 10.2 Å². The van der Waals surface area contributed by atoms with Crippen LogP contribution in [0.25, 0.3) is 0 Å². The summed E-state index contributed by atoms with van der Waals surface area (Å²) in [6, 6.07) is 0.720. The molecule has 3 unspecified atom stereocenters. The van der Waals surface area contributed by atoms with Gasteiger partial charge in [-0.15, -0.1) is 0 Å². The third kappa shape index (κ3) is 3.01. The van der Waals surface area contributed by atoms with Crippen molar-refractivity contribution in [3.63, 3.8) is 0 Å². The molecule has 0 aromatic rings. The Hall–Kier alpha value is -0.610. The molecular weight excluding hydrogens is 250 g/mol. The van der Waals surface area contributed by atoms with Crippen LogP contribution in [0.5, 0.6) is 0 Å². The number of piperidine rings is 1. The van der Waals surface area contributed by atoms with Crippen LogP contribution in [-0.4, -0.2) is 60.5 Å². The molecule has 3 rings (SSSR count). The molecule has 0 aliphatic carbocycles. The molecule has 0 radical (unpaired) electrons. The highest BCUT2D eigenvalue weighted by atomic mass is 16.2. The number of nitrogens with zero attached hydrogens (tertiary/aromatic N) is 2. The second kappa shape index (κ2) is 6.44. The maximum Gasteiger partial charge on any atom is 0.239 e. The van der Waals surface area contributed by atoms with Gasteiger partial charge in [-0.1, -0.05) is 13.3 Å². The van der Waals surface area contributed by atoms with Gasteiger partial charge in [0.05, 0.1) is 6.04 Å². The van der Waals surface area contributed by atoms with Crippen molar-refractivity contribution >= 4 is 5.91 Å². The van der Waals surface area contributed by atoms with E-state index in [1.807, 2.05) is 0 Å². The summed E-state index contributed by atoms with van der Waals surface area (Å²) in [5.74, 6) is 1.10. The van der Waals surface area contributed by atoms with Crippen LogP contribution >= 0.6 is 0 Å². The highest BCUT2D eigenvalue weighted by Crippen LogP contribution is 2.24. The predicted molar refractivity (Wildman–Crippen MR) is 80.6 cm³/mol. The van der Waals surface area contributed by atoms with Gasteiger partial charge in [-0.05, 0) is 57.7 Å². The van der Waals surface area contributed by atoms with Gasteiger partial charge in [0, 0.05) is 19.1 Å². The lowest BCUT2D eigenvalue weighted by molar-refractivity contribution is -0.133. The first-order valence-corrected chi connectivity index (χ1v) is 8.54. The van der Waals surface area contributed by atoms with Gasteiger partial charge in [-0.2, -0.15) is 0 Å². The molecule has 0 aromatic carbocycles. The molecule has 3 aliphatic heterocycles. The summed E-state index contributed by atoms with van der Waals surface area (Å²) in [6.45, 7) is 7.68. The van der Waals surface area contributed by atoms with E-state index in [2.05, 4.69) is 22.0 Å². The normalized spacial score (nSPS) is 35.6. The summed E-state index contributed by atoms with van der Waals surface area (Å²) in [7, 11) is 0. The van der Waals surface area contributed by atoms with Crippen LogP contribution in [0.4, 0.5) is 0 Å². The third-order valence-electron chi connectivity index (χ3n) is 5.52. The molecular formula is C16H29N3O. The number of likely N-dealkylation sites (tertiary alicyclic amines) is 2.